The van der Waals surface area contributed by atoms with E-state index in [4.69, 9.17) is 15.0 Å². The molecule has 0 saturated carbocycles. The summed E-state index contributed by atoms with van der Waals surface area (Å²) in [5, 5.41) is 7.15. The van der Waals surface area contributed by atoms with Gasteiger partial charge < -0.3 is 20.3 Å². The lowest BCUT2D eigenvalue weighted by Gasteiger charge is -2.12. The number of ether oxygens (including phenoxy) is 1. The average Bonchev–Trinajstić information content (AvgIpc) is 2.82. The maximum absolute atomic E-state index is 6.06. The van der Waals surface area contributed by atoms with E-state index >= 15 is 0 Å². The summed E-state index contributed by atoms with van der Waals surface area (Å²) in [4.78, 5) is 0. The Morgan fingerprint density at radius 2 is 2.26 bits per heavy atom. The van der Waals surface area contributed by atoms with Crippen LogP contribution < -0.4 is 15.8 Å². The fourth-order valence-electron chi connectivity index (χ4n) is 1.72. The predicted molar refractivity (Wildman–Crippen MR) is 75.2 cm³/mol. The van der Waals surface area contributed by atoms with Crippen molar-refractivity contribution in [3.63, 3.8) is 0 Å². The quantitative estimate of drug-likeness (QED) is 0.782. The Balaban J connectivity index is 2.03. The molecule has 2 rings (SSSR count). The average molecular weight is 261 g/mol. The fraction of sp³-hybridized carbons (Fsp3) is 0.357. The molecule has 1 aromatic heterocycles. The van der Waals surface area contributed by atoms with Crippen molar-refractivity contribution in [2.75, 3.05) is 17.7 Å². The van der Waals surface area contributed by atoms with Crippen LogP contribution >= 0.6 is 0 Å². The highest BCUT2D eigenvalue weighted by atomic mass is 16.5. The van der Waals surface area contributed by atoms with Crippen LogP contribution in [0.15, 0.2) is 28.8 Å². The molecule has 0 aliphatic heterocycles. The van der Waals surface area contributed by atoms with Gasteiger partial charge in [0.25, 0.3) is 0 Å². The van der Waals surface area contributed by atoms with E-state index in [0.29, 0.717) is 24.6 Å². The van der Waals surface area contributed by atoms with Gasteiger partial charge in [0.05, 0.1) is 24.5 Å². The lowest BCUT2D eigenvalue weighted by atomic mass is 10.2. The molecule has 3 N–H and O–H groups in total. The minimum Gasteiger partial charge on any atom is -0.491 e. The monoisotopic (exact) mass is 261 g/mol. The fourth-order valence-corrected chi connectivity index (χ4v) is 1.72. The molecular weight excluding hydrogens is 242 g/mol. The molecule has 0 aliphatic rings. The number of rotatable bonds is 6. The molecule has 2 aromatic rings. The smallest absolute Gasteiger partial charge is 0.144 e. The van der Waals surface area contributed by atoms with Crippen molar-refractivity contribution in [3.05, 3.63) is 35.7 Å². The standard InChI is InChI=1S/C14H19N3O2/c1-3-7-18-13-6-4-5-12(14(13)15)16-9-11-8-10(2)19-17-11/h4-6,8,16H,3,7,9,15H2,1-2H3. The van der Waals surface area contributed by atoms with Gasteiger partial charge in [-0.05, 0) is 25.5 Å². The van der Waals surface area contributed by atoms with Crippen LogP contribution in [0.4, 0.5) is 11.4 Å². The molecule has 0 amide bonds. The minimum atomic E-state index is 0.568. The second-order valence-electron chi connectivity index (χ2n) is 4.35. The summed E-state index contributed by atoms with van der Waals surface area (Å²) in [6.45, 7) is 5.16. The summed E-state index contributed by atoms with van der Waals surface area (Å²) in [5.74, 6) is 1.51. The van der Waals surface area contributed by atoms with Crippen LogP contribution in [0.3, 0.4) is 0 Å². The van der Waals surface area contributed by atoms with E-state index in [1.807, 2.05) is 31.2 Å². The van der Waals surface area contributed by atoms with Crippen molar-refractivity contribution < 1.29 is 9.26 Å². The molecule has 0 aliphatic carbocycles. The molecule has 102 valence electrons. The van der Waals surface area contributed by atoms with E-state index in [0.717, 1.165) is 23.6 Å². The zero-order valence-electron chi connectivity index (χ0n) is 11.3. The zero-order chi connectivity index (χ0) is 13.7. The number of nitrogen functional groups attached to an aromatic ring is 1. The van der Waals surface area contributed by atoms with E-state index in [1.165, 1.54) is 0 Å². The second-order valence-corrected chi connectivity index (χ2v) is 4.35. The first-order valence-corrected chi connectivity index (χ1v) is 6.38. The summed E-state index contributed by atoms with van der Waals surface area (Å²) in [7, 11) is 0. The number of para-hydroxylation sites is 1. The number of anilines is 2. The van der Waals surface area contributed by atoms with Gasteiger partial charge in [0, 0.05) is 6.07 Å². The summed E-state index contributed by atoms with van der Waals surface area (Å²) >= 11 is 0. The molecule has 1 aromatic carbocycles. The van der Waals surface area contributed by atoms with Crippen molar-refractivity contribution in [2.45, 2.75) is 26.8 Å². The predicted octanol–water partition coefficient (Wildman–Crippen LogP) is 2.97. The lowest BCUT2D eigenvalue weighted by Crippen LogP contribution is -2.05. The number of aromatic nitrogens is 1. The number of benzene rings is 1. The Kier molecular flexibility index (Phi) is 4.28. The topological polar surface area (TPSA) is 73.3 Å². The third-order valence-electron chi connectivity index (χ3n) is 2.66. The molecular formula is C14H19N3O2. The first-order valence-electron chi connectivity index (χ1n) is 6.38. The SMILES string of the molecule is CCCOc1cccc(NCc2cc(C)on2)c1N. The molecule has 0 bridgehead atoms. The Labute approximate surface area is 112 Å². The van der Waals surface area contributed by atoms with E-state index < -0.39 is 0 Å². The third-order valence-corrected chi connectivity index (χ3v) is 2.66. The van der Waals surface area contributed by atoms with Crippen molar-refractivity contribution in [1.82, 2.24) is 5.16 Å². The van der Waals surface area contributed by atoms with Crippen molar-refractivity contribution in [2.24, 2.45) is 0 Å². The van der Waals surface area contributed by atoms with E-state index in [9.17, 15) is 0 Å². The van der Waals surface area contributed by atoms with E-state index in [1.54, 1.807) is 0 Å². The number of nitrogens with zero attached hydrogens (tertiary/aromatic N) is 1. The van der Waals surface area contributed by atoms with Gasteiger partial charge in [-0.25, -0.2) is 0 Å². The van der Waals surface area contributed by atoms with Crippen LogP contribution in [0, 0.1) is 6.92 Å². The highest BCUT2D eigenvalue weighted by Gasteiger charge is 2.06. The first kappa shape index (κ1) is 13.3. The highest BCUT2D eigenvalue weighted by molar-refractivity contribution is 5.72. The molecule has 0 fully saturated rings. The Bertz CT molecular complexity index is 537. The van der Waals surface area contributed by atoms with Crippen molar-refractivity contribution in [3.8, 4) is 5.75 Å². The van der Waals surface area contributed by atoms with Crippen molar-refractivity contribution >= 4 is 11.4 Å². The van der Waals surface area contributed by atoms with Gasteiger partial charge in [0.15, 0.2) is 0 Å². The zero-order valence-corrected chi connectivity index (χ0v) is 11.3. The van der Waals surface area contributed by atoms with Crippen molar-refractivity contribution in [1.29, 1.82) is 0 Å². The maximum Gasteiger partial charge on any atom is 0.144 e. The minimum absolute atomic E-state index is 0.568. The second kappa shape index (κ2) is 6.13. The molecule has 0 spiro atoms. The Hall–Kier alpha value is -2.17. The van der Waals surface area contributed by atoms with Crippen LogP contribution in [-0.4, -0.2) is 11.8 Å². The summed E-state index contributed by atoms with van der Waals surface area (Å²) < 4.78 is 10.6. The molecule has 0 unspecified atom stereocenters. The van der Waals surface area contributed by atoms with Crippen LogP contribution in [-0.2, 0) is 6.54 Å². The number of hydrogen-bond donors (Lipinski definition) is 2. The Morgan fingerprint density at radius 3 is 2.95 bits per heavy atom. The highest BCUT2D eigenvalue weighted by Crippen LogP contribution is 2.29. The van der Waals surface area contributed by atoms with Crippen LogP contribution in [0.2, 0.25) is 0 Å². The van der Waals surface area contributed by atoms with E-state index in [-0.39, 0.29) is 0 Å². The van der Waals surface area contributed by atoms with Gasteiger partial charge in [-0.3, -0.25) is 0 Å². The maximum atomic E-state index is 6.06. The summed E-state index contributed by atoms with van der Waals surface area (Å²) in [6.07, 6.45) is 0.954. The lowest BCUT2D eigenvalue weighted by molar-refractivity contribution is 0.319. The number of hydrogen-bond acceptors (Lipinski definition) is 5. The molecule has 0 saturated heterocycles. The van der Waals surface area contributed by atoms with Crippen LogP contribution in [0.1, 0.15) is 24.8 Å². The normalized spacial score (nSPS) is 10.4. The van der Waals surface area contributed by atoms with Gasteiger partial charge >= 0.3 is 0 Å². The van der Waals surface area contributed by atoms with Gasteiger partial charge in [0.2, 0.25) is 0 Å². The number of aryl methyl sites for hydroxylation is 1. The molecule has 1 heterocycles. The molecule has 5 nitrogen and oxygen atoms in total. The van der Waals surface area contributed by atoms with Gasteiger partial charge in [-0.2, -0.15) is 0 Å². The Morgan fingerprint density at radius 1 is 1.42 bits per heavy atom. The summed E-state index contributed by atoms with van der Waals surface area (Å²) in [6, 6.07) is 7.59. The van der Waals surface area contributed by atoms with Gasteiger partial charge in [-0.15, -0.1) is 0 Å². The first-order chi connectivity index (χ1) is 9.20. The van der Waals surface area contributed by atoms with Gasteiger partial charge in [-0.1, -0.05) is 18.1 Å². The largest absolute Gasteiger partial charge is 0.491 e. The molecule has 0 radical (unpaired) electrons. The third kappa shape index (κ3) is 3.40. The molecule has 0 atom stereocenters. The molecule has 5 heteroatoms. The van der Waals surface area contributed by atoms with Crippen LogP contribution in [0.25, 0.3) is 0 Å². The number of nitrogens with one attached hydrogen (secondary N) is 1. The van der Waals surface area contributed by atoms with Gasteiger partial charge in [0.1, 0.15) is 17.2 Å². The molecule has 19 heavy (non-hydrogen) atoms. The van der Waals surface area contributed by atoms with Crippen LogP contribution in [0.5, 0.6) is 5.75 Å². The number of nitrogens with two attached hydrogens (primary N) is 1. The summed E-state index contributed by atoms with van der Waals surface area (Å²) in [5.41, 5.74) is 8.37. The van der Waals surface area contributed by atoms with E-state index in [2.05, 4.69) is 17.4 Å².